The molecule has 0 aromatic rings. The minimum Gasteiger partial charge on any atom is -0.462 e. The molecule has 0 radical (unpaired) electrons. The Kier molecular flexibility index (Phi) is 5.61. The maximum Gasteiger partial charge on any atom is 0.308 e. The van der Waals surface area contributed by atoms with E-state index in [1.54, 1.807) is 20.1 Å². The van der Waals surface area contributed by atoms with E-state index in [0.717, 1.165) is 0 Å². The molecule has 0 aromatic carbocycles. The Balaban J connectivity index is 2.81. The van der Waals surface area contributed by atoms with Gasteiger partial charge in [0.05, 0.1) is 18.6 Å². The third-order valence-electron chi connectivity index (χ3n) is 2.74. The van der Waals surface area contributed by atoms with E-state index in [-0.39, 0.29) is 18.6 Å². The molecule has 1 aliphatic heterocycles. The molecule has 4 atom stereocenters. The first kappa shape index (κ1) is 14.2. The molecular weight excluding hydrogens is 224 g/mol. The number of carbonyl (C=O) groups is 1. The molecule has 0 aromatic heterocycles. The highest BCUT2D eigenvalue weighted by Gasteiger charge is 2.24. The molecule has 1 heterocycles. The minimum absolute atomic E-state index is 0.0646. The van der Waals surface area contributed by atoms with Crippen molar-refractivity contribution in [1.82, 2.24) is 0 Å². The molecule has 1 rings (SSSR count). The summed E-state index contributed by atoms with van der Waals surface area (Å²) in [6.07, 6.45) is 2.28. The monoisotopic (exact) mass is 244 g/mol. The number of hydrogen-bond acceptors (Lipinski definition) is 5. The predicted molar refractivity (Wildman–Crippen MR) is 61.5 cm³/mol. The van der Waals surface area contributed by atoms with Crippen LogP contribution in [-0.2, 0) is 19.0 Å². The van der Waals surface area contributed by atoms with Crippen molar-refractivity contribution in [1.29, 1.82) is 0 Å². The molecule has 4 unspecified atom stereocenters. The SMILES string of the molecule is COC1C=CC(OC)C(O)CC(=O)OC(C)C1. The maximum absolute atomic E-state index is 11.5. The fourth-order valence-corrected chi connectivity index (χ4v) is 1.79. The highest BCUT2D eigenvalue weighted by Crippen LogP contribution is 2.14. The lowest BCUT2D eigenvalue weighted by Crippen LogP contribution is -2.32. The lowest BCUT2D eigenvalue weighted by molar-refractivity contribution is -0.153. The smallest absolute Gasteiger partial charge is 0.308 e. The van der Waals surface area contributed by atoms with Crippen LogP contribution in [0.4, 0.5) is 0 Å². The van der Waals surface area contributed by atoms with Crippen molar-refractivity contribution in [2.75, 3.05) is 14.2 Å². The van der Waals surface area contributed by atoms with Crippen LogP contribution < -0.4 is 0 Å². The largest absolute Gasteiger partial charge is 0.462 e. The number of hydrogen-bond donors (Lipinski definition) is 1. The number of carbonyl (C=O) groups excluding carboxylic acids is 1. The molecule has 1 N–H and O–H groups in total. The number of methoxy groups -OCH3 is 2. The van der Waals surface area contributed by atoms with Gasteiger partial charge in [-0.25, -0.2) is 0 Å². The molecular formula is C12H20O5. The Morgan fingerprint density at radius 1 is 1.35 bits per heavy atom. The first-order chi connectivity index (χ1) is 8.06. The number of aliphatic hydroxyl groups is 1. The van der Waals surface area contributed by atoms with Gasteiger partial charge in [0.25, 0.3) is 0 Å². The number of esters is 1. The normalized spacial score (nSPS) is 35.4. The van der Waals surface area contributed by atoms with E-state index in [1.807, 2.05) is 6.08 Å². The molecule has 0 bridgehead atoms. The van der Waals surface area contributed by atoms with Gasteiger partial charge in [-0.3, -0.25) is 4.79 Å². The highest BCUT2D eigenvalue weighted by molar-refractivity contribution is 5.70. The number of aliphatic hydroxyl groups excluding tert-OH is 1. The van der Waals surface area contributed by atoms with Crippen LogP contribution in [0.2, 0.25) is 0 Å². The Labute approximate surface area is 101 Å². The molecule has 0 spiro atoms. The molecule has 1 aliphatic rings. The molecule has 5 nitrogen and oxygen atoms in total. The summed E-state index contributed by atoms with van der Waals surface area (Å²) in [5.74, 6) is -0.419. The topological polar surface area (TPSA) is 65.0 Å². The van der Waals surface area contributed by atoms with Gasteiger partial charge in [-0.1, -0.05) is 12.2 Å². The Bertz CT molecular complexity index is 276. The van der Waals surface area contributed by atoms with Crippen LogP contribution >= 0.6 is 0 Å². The molecule has 0 amide bonds. The average Bonchev–Trinajstić information content (AvgIpc) is 2.26. The Morgan fingerprint density at radius 3 is 2.65 bits per heavy atom. The van der Waals surface area contributed by atoms with Gasteiger partial charge in [-0.2, -0.15) is 0 Å². The zero-order chi connectivity index (χ0) is 12.8. The second kappa shape index (κ2) is 6.74. The molecule has 0 aliphatic carbocycles. The zero-order valence-electron chi connectivity index (χ0n) is 10.5. The number of cyclic esters (lactones) is 1. The van der Waals surface area contributed by atoms with E-state index in [9.17, 15) is 9.90 Å². The summed E-state index contributed by atoms with van der Waals surface area (Å²) in [5.41, 5.74) is 0. The summed E-state index contributed by atoms with van der Waals surface area (Å²) in [6, 6.07) is 0. The van der Waals surface area contributed by atoms with Gasteiger partial charge in [0.15, 0.2) is 0 Å². The summed E-state index contributed by atoms with van der Waals surface area (Å²) in [6.45, 7) is 1.81. The number of ether oxygens (including phenoxy) is 3. The molecule has 98 valence electrons. The van der Waals surface area contributed by atoms with Crippen molar-refractivity contribution in [3.8, 4) is 0 Å². The van der Waals surface area contributed by atoms with Crippen LogP contribution in [0.5, 0.6) is 0 Å². The first-order valence-corrected chi connectivity index (χ1v) is 5.68. The number of rotatable bonds is 2. The van der Waals surface area contributed by atoms with Gasteiger partial charge < -0.3 is 19.3 Å². The van der Waals surface area contributed by atoms with Gasteiger partial charge in [0.1, 0.15) is 12.2 Å². The molecule has 17 heavy (non-hydrogen) atoms. The van der Waals surface area contributed by atoms with Crippen molar-refractivity contribution < 1.29 is 24.1 Å². The third-order valence-corrected chi connectivity index (χ3v) is 2.74. The summed E-state index contributed by atoms with van der Waals surface area (Å²) >= 11 is 0. The summed E-state index contributed by atoms with van der Waals surface area (Å²) < 4.78 is 15.5. The molecule has 0 fully saturated rings. The molecule has 5 heteroatoms. The van der Waals surface area contributed by atoms with E-state index < -0.39 is 18.2 Å². The summed E-state index contributed by atoms with van der Waals surface area (Å²) in [4.78, 5) is 11.5. The van der Waals surface area contributed by atoms with Crippen molar-refractivity contribution in [3.63, 3.8) is 0 Å². The van der Waals surface area contributed by atoms with E-state index in [2.05, 4.69) is 0 Å². The van der Waals surface area contributed by atoms with Gasteiger partial charge >= 0.3 is 5.97 Å². The van der Waals surface area contributed by atoms with Gasteiger partial charge in [0, 0.05) is 20.6 Å². The first-order valence-electron chi connectivity index (χ1n) is 5.68. The van der Waals surface area contributed by atoms with Crippen molar-refractivity contribution in [2.45, 2.75) is 44.2 Å². The van der Waals surface area contributed by atoms with Gasteiger partial charge in [0.2, 0.25) is 0 Å². The van der Waals surface area contributed by atoms with E-state index in [4.69, 9.17) is 14.2 Å². The van der Waals surface area contributed by atoms with Gasteiger partial charge in [-0.15, -0.1) is 0 Å². The maximum atomic E-state index is 11.5. The molecule has 0 saturated carbocycles. The quantitative estimate of drug-likeness (QED) is 0.571. The summed E-state index contributed by atoms with van der Waals surface area (Å²) in [7, 11) is 3.08. The fourth-order valence-electron chi connectivity index (χ4n) is 1.79. The van der Waals surface area contributed by atoms with Crippen molar-refractivity contribution >= 4 is 5.97 Å². The molecule has 0 saturated heterocycles. The minimum atomic E-state index is -0.897. The van der Waals surface area contributed by atoms with Crippen molar-refractivity contribution in [3.05, 3.63) is 12.2 Å². The average molecular weight is 244 g/mol. The predicted octanol–water partition coefficient (Wildman–Crippen LogP) is 0.659. The lowest BCUT2D eigenvalue weighted by Gasteiger charge is -2.23. The van der Waals surface area contributed by atoms with Crippen LogP contribution in [0.15, 0.2) is 12.2 Å². The van der Waals surface area contributed by atoms with Crippen LogP contribution in [0.1, 0.15) is 19.8 Å². The second-order valence-corrected chi connectivity index (χ2v) is 4.17. The van der Waals surface area contributed by atoms with E-state index in [1.165, 1.54) is 7.11 Å². The standard InChI is InChI=1S/C12H20O5/c1-8-6-9(15-2)4-5-11(16-3)10(13)7-12(14)17-8/h4-5,8-11,13H,6-7H2,1-3H3. The van der Waals surface area contributed by atoms with Crippen LogP contribution in [-0.4, -0.2) is 49.7 Å². The fraction of sp³-hybridized carbons (Fsp3) is 0.750. The Morgan fingerprint density at radius 2 is 2.06 bits per heavy atom. The van der Waals surface area contributed by atoms with Crippen LogP contribution in [0, 0.1) is 0 Å². The zero-order valence-corrected chi connectivity index (χ0v) is 10.5. The van der Waals surface area contributed by atoms with Crippen molar-refractivity contribution in [2.24, 2.45) is 0 Å². The lowest BCUT2D eigenvalue weighted by atomic mass is 10.1. The van der Waals surface area contributed by atoms with Gasteiger partial charge in [-0.05, 0) is 6.92 Å². The van der Waals surface area contributed by atoms with E-state index in [0.29, 0.717) is 6.42 Å². The van der Waals surface area contributed by atoms with E-state index >= 15 is 0 Å². The van der Waals surface area contributed by atoms with Crippen LogP contribution in [0.25, 0.3) is 0 Å². The third kappa shape index (κ3) is 4.46. The second-order valence-electron chi connectivity index (χ2n) is 4.17. The Hall–Kier alpha value is -0.910. The van der Waals surface area contributed by atoms with Crippen LogP contribution in [0.3, 0.4) is 0 Å². The summed E-state index contributed by atoms with van der Waals surface area (Å²) in [5, 5.41) is 9.79. The highest BCUT2D eigenvalue weighted by atomic mass is 16.5.